The molecule has 1 aromatic carbocycles. The van der Waals surface area contributed by atoms with Crippen molar-refractivity contribution in [3.63, 3.8) is 0 Å². The van der Waals surface area contributed by atoms with E-state index in [2.05, 4.69) is 10.9 Å². The van der Waals surface area contributed by atoms with Crippen LogP contribution in [0.1, 0.15) is 62.2 Å². The lowest BCUT2D eigenvalue weighted by Gasteiger charge is -2.60. The molecule has 5 rings (SSSR count). The first-order valence-electron chi connectivity index (χ1n) is 10.3. The lowest BCUT2D eigenvalue weighted by atomic mass is 9.47. The number of nitrogens with one attached hydrogen (secondary N) is 2. The maximum atomic E-state index is 12.5. The topological polar surface area (TPSA) is 105 Å². The van der Waals surface area contributed by atoms with Gasteiger partial charge >= 0.3 is 5.97 Å². The molecule has 1 aromatic rings. The molecule has 0 aliphatic heterocycles. The van der Waals surface area contributed by atoms with Gasteiger partial charge < -0.3 is 9.84 Å². The van der Waals surface area contributed by atoms with Crippen LogP contribution in [0.5, 0.6) is 0 Å². The molecule has 4 aliphatic carbocycles. The van der Waals surface area contributed by atoms with E-state index in [4.69, 9.17) is 4.74 Å². The van der Waals surface area contributed by atoms with Crippen molar-refractivity contribution in [3.8, 4) is 0 Å². The van der Waals surface area contributed by atoms with Gasteiger partial charge in [-0.1, -0.05) is 18.2 Å². The van der Waals surface area contributed by atoms with Crippen molar-refractivity contribution in [1.82, 2.24) is 10.9 Å². The first-order chi connectivity index (χ1) is 13.8. The van der Waals surface area contributed by atoms with Gasteiger partial charge in [0.25, 0.3) is 11.8 Å². The van der Waals surface area contributed by atoms with Gasteiger partial charge in [-0.25, -0.2) is 0 Å². The van der Waals surface area contributed by atoms with Crippen molar-refractivity contribution in [3.05, 3.63) is 35.9 Å². The second kappa shape index (κ2) is 7.44. The highest BCUT2D eigenvalue weighted by molar-refractivity contribution is 5.95. The van der Waals surface area contributed by atoms with Crippen LogP contribution in [0.3, 0.4) is 0 Å². The second-order valence-electron chi connectivity index (χ2n) is 9.30. The van der Waals surface area contributed by atoms with E-state index in [-0.39, 0.29) is 11.8 Å². The molecule has 4 saturated carbocycles. The third kappa shape index (κ3) is 4.29. The minimum atomic E-state index is -1.02. The number of rotatable bonds is 5. The van der Waals surface area contributed by atoms with Gasteiger partial charge in [0.1, 0.15) is 0 Å². The van der Waals surface area contributed by atoms with Gasteiger partial charge in [0.15, 0.2) is 6.10 Å². The van der Waals surface area contributed by atoms with Gasteiger partial charge in [-0.15, -0.1) is 0 Å². The molecular weight excluding hydrogens is 372 g/mol. The number of amides is 2. The number of aliphatic hydroxyl groups is 1. The molecule has 7 heteroatoms. The van der Waals surface area contributed by atoms with Crippen LogP contribution in [0.4, 0.5) is 0 Å². The summed E-state index contributed by atoms with van der Waals surface area (Å²) in [6.45, 7) is 1.48. The van der Waals surface area contributed by atoms with Crippen LogP contribution in [0.25, 0.3) is 0 Å². The molecule has 4 fully saturated rings. The van der Waals surface area contributed by atoms with Crippen molar-refractivity contribution < 1.29 is 24.2 Å². The summed E-state index contributed by atoms with van der Waals surface area (Å²) >= 11 is 0. The molecule has 156 valence electrons. The third-order valence-corrected chi connectivity index (χ3v) is 6.68. The molecule has 0 radical (unpaired) electrons. The van der Waals surface area contributed by atoms with E-state index in [1.54, 1.807) is 30.3 Å². The fraction of sp³-hybridized carbons (Fsp3) is 0.591. The van der Waals surface area contributed by atoms with E-state index >= 15 is 0 Å². The second-order valence-corrected chi connectivity index (χ2v) is 9.30. The standard InChI is InChI=1S/C22H28N2O5/c1-14(19(26)23-24-20(27)17-5-3-2-4-6-17)29-18(25)12-21-8-15-7-16(9-21)11-22(28,10-15)13-21/h2-6,14-16,28H,7-13H2,1H3,(H,23,26)(H,24,27)/t14-,15-,16+,21?,22?/m0/s1. The maximum absolute atomic E-state index is 12.5. The predicted octanol–water partition coefficient (Wildman–Crippen LogP) is 2.10. The van der Waals surface area contributed by atoms with Crippen LogP contribution in [0.2, 0.25) is 0 Å². The highest BCUT2D eigenvalue weighted by Gasteiger charge is 2.57. The van der Waals surface area contributed by atoms with Crippen LogP contribution >= 0.6 is 0 Å². The van der Waals surface area contributed by atoms with Gasteiger partial charge in [-0.2, -0.15) is 0 Å². The van der Waals surface area contributed by atoms with Crippen LogP contribution in [-0.2, 0) is 14.3 Å². The summed E-state index contributed by atoms with van der Waals surface area (Å²) in [4.78, 5) is 36.7. The molecule has 4 bridgehead atoms. The summed E-state index contributed by atoms with van der Waals surface area (Å²) < 4.78 is 5.34. The number of hydrazine groups is 1. The van der Waals surface area contributed by atoms with Gasteiger partial charge in [0, 0.05) is 5.56 Å². The van der Waals surface area contributed by atoms with Gasteiger partial charge in [0.05, 0.1) is 12.0 Å². The molecular formula is C22H28N2O5. The van der Waals surface area contributed by atoms with Crippen molar-refractivity contribution >= 4 is 17.8 Å². The van der Waals surface area contributed by atoms with Crippen molar-refractivity contribution in [2.45, 2.75) is 63.6 Å². The number of hydrogen-bond donors (Lipinski definition) is 3. The summed E-state index contributed by atoms with van der Waals surface area (Å²) in [6.07, 6.45) is 4.62. The zero-order chi connectivity index (χ0) is 20.6. The molecule has 5 atom stereocenters. The molecule has 0 spiro atoms. The Hall–Kier alpha value is -2.41. The number of benzene rings is 1. The van der Waals surface area contributed by atoms with E-state index in [1.165, 1.54) is 6.92 Å². The molecule has 2 amide bonds. The Morgan fingerprint density at radius 3 is 2.38 bits per heavy atom. The molecule has 0 aromatic heterocycles. The SMILES string of the molecule is C[C@H](OC(=O)CC12C[C@@H]3C[C@@H](CC(O)(C3)C1)C2)C(=O)NNC(=O)c1ccccc1. The number of esters is 1. The smallest absolute Gasteiger partial charge is 0.307 e. The quantitative estimate of drug-likeness (QED) is 0.519. The summed E-state index contributed by atoms with van der Waals surface area (Å²) in [6, 6.07) is 8.50. The Morgan fingerprint density at radius 1 is 1.10 bits per heavy atom. The van der Waals surface area contributed by atoms with Crippen molar-refractivity contribution in [2.24, 2.45) is 17.3 Å². The Bertz CT molecular complexity index is 795. The highest BCUT2D eigenvalue weighted by atomic mass is 16.5. The summed E-state index contributed by atoms with van der Waals surface area (Å²) in [5.41, 5.74) is 4.20. The van der Waals surface area contributed by atoms with E-state index in [0.29, 0.717) is 23.8 Å². The Kier molecular flexibility index (Phi) is 5.11. The van der Waals surface area contributed by atoms with E-state index in [1.807, 2.05) is 0 Å². The molecule has 7 nitrogen and oxygen atoms in total. The molecule has 2 unspecified atom stereocenters. The zero-order valence-corrected chi connectivity index (χ0v) is 16.6. The number of carbonyl (C=O) groups is 3. The van der Waals surface area contributed by atoms with Crippen molar-refractivity contribution in [1.29, 1.82) is 0 Å². The van der Waals surface area contributed by atoms with Gasteiger partial charge in [-0.05, 0) is 74.8 Å². The maximum Gasteiger partial charge on any atom is 0.307 e. The Morgan fingerprint density at radius 2 is 1.76 bits per heavy atom. The van der Waals surface area contributed by atoms with Gasteiger partial charge in [0.2, 0.25) is 0 Å². The first-order valence-corrected chi connectivity index (χ1v) is 10.3. The van der Waals surface area contributed by atoms with Crippen LogP contribution in [0, 0.1) is 17.3 Å². The Balaban J connectivity index is 1.27. The average Bonchev–Trinajstić information content (AvgIpc) is 2.63. The average molecular weight is 400 g/mol. The highest BCUT2D eigenvalue weighted by Crippen LogP contribution is 2.62. The monoisotopic (exact) mass is 400 g/mol. The van der Waals surface area contributed by atoms with Crippen LogP contribution in [-0.4, -0.2) is 34.6 Å². The van der Waals surface area contributed by atoms with E-state index < -0.39 is 29.5 Å². The molecule has 29 heavy (non-hydrogen) atoms. The molecule has 4 aliphatic rings. The number of hydrogen-bond acceptors (Lipinski definition) is 5. The lowest BCUT2D eigenvalue weighted by Crippen LogP contribution is -2.56. The third-order valence-electron chi connectivity index (χ3n) is 6.68. The largest absolute Gasteiger partial charge is 0.452 e. The van der Waals surface area contributed by atoms with E-state index in [9.17, 15) is 19.5 Å². The molecule has 0 heterocycles. The van der Waals surface area contributed by atoms with Crippen molar-refractivity contribution in [2.75, 3.05) is 0 Å². The lowest BCUT2D eigenvalue weighted by molar-refractivity contribution is -0.180. The summed E-state index contributed by atoms with van der Waals surface area (Å²) in [7, 11) is 0. The summed E-state index contributed by atoms with van der Waals surface area (Å²) in [5.74, 6) is -0.482. The fourth-order valence-electron chi connectivity index (χ4n) is 6.09. The van der Waals surface area contributed by atoms with Crippen LogP contribution < -0.4 is 10.9 Å². The molecule has 3 N–H and O–H groups in total. The number of ether oxygens (including phenoxy) is 1. The Labute approximate surface area is 170 Å². The predicted molar refractivity (Wildman–Crippen MR) is 104 cm³/mol. The molecule has 0 saturated heterocycles. The normalized spacial score (nSPS) is 33.0. The zero-order valence-electron chi connectivity index (χ0n) is 16.6. The fourth-order valence-corrected chi connectivity index (χ4v) is 6.09. The van der Waals surface area contributed by atoms with Crippen LogP contribution in [0.15, 0.2) is 30.3 Å². The first kappa shape index (κ1) is 19.9. The minimum absolute atomic E-state index is 0.201. The van der Waals surface area contributed by atoms with E-state index in [0.717, 1.165) is 32.1 Å². The minimum Gasteiger partial charge on any atom is -0.452 e. The summed E-state index contributed by atoms with van der Waals surface area (Å²) in [5, 5.41) is 10.8. The van der Waals surface area contributed by atoms with Gasteiger partial charge in [-0.3, -0.25) is 25.2 Å². The number of carbonyl (C=O) groups excluding carboxylic acids is 3.